The van der Waals surface area contributed by atoms with Crippen molar-refractivity contribution in [3.8, 4) is 0 Å². The van der Waals surface area contributed by atoms with E-state index in [2.05, 4.69) is 4.98 Å². The molecule has 20 heavy (non-hydrogen) atoms. The number of sulfone groups is 1. The molecule has 0 aliphatic carbocycles. The van der Waals surface area contributed by atoms with Crippen LogP contribution in [-0.2, 0) is 9.84 Å². The van der Waals surface area contributed by atoms with Crippen molar-refractivity contribution in [3.05, 3.63) is 36.0 Å². The van der Waals surface area contributed by atoms with Gasteiger partial charge in [0.1, 0.15) is 0 Å². The van der Waals surface area contributed by atoms with Gasteiger partial charge in [-0.1, -0.05) is 0 Å². The fraction of sp³-hybridized carbons (Fsp3) is 0.357. The highest BCUT2D eigenvalue weighted by Gasteiger charge is 2.32. The molecule has 5 nitrogen and oxygen atoms in total. The van der Waals surface area contributed by atoms with Crippen LogP contribution >= 0.6 is 0 Å². The van der Waals surface area contributed by atoms with E-state index < -0.39 is 15.1 Å². The molecule has 1 fully saturated rings. The van der Waals surface area contributed by atoms with Gasteiger partial charge in [0.15, 0.2) is 9.84 Å². The number of likely N-dealkylation sites (tertiary alicyclic amines) is 1. The first-order valence-corrected chi connectivity index (χ1v) is 8.46. The number of carbonyl (C=O) groups excluding carboxylic acids is 1. The summed E-state index contributed by atoms with van der Waals surface area (Å²) in [4.78, 5) is 17.1. The molecule has 1 amide bonds. The average Bonchev–Trinajstić information content (AvgIpc) is 3.05. The quantitative estimate of drug-likeness (QED) is 0.910. The molecule has 1 saturated heterocycles. The molecule has 1 N–H and O–H groups in total. The number of nitrogens with one attached hydrogen (secondary N) is 1. The number of fused-ring (bicyclic) bond motifs is 1. The molecule has 2 heterocycles. The highest BCUT2D eigenvalue weighted by molar-refractivity contribution is 7.91. The van der Waals surface area contributed by atoms with E-state index in [0.29, 0.717) is 25.1 Å². The van der Waals surface area contributed by atoms with E-state index in [0.717, 1.165) is 10.9 Å². The molecule has 0 saturated carbocycles. The number of nitrogens with zero attached hydrogens (tertiary/aromatic N) is 1. The van der Waals surface area contributed by atoms with Crippen LogP contribution in [0.1, 0.15) is 16.8 Å². The van der Waals surface area contributed by atoms with Crippen LogP contribution in [-0.4, -0.2) is 48.8 Å². The summed E-state index contributed by atoms with van der Waals surface area (Å²) in [6.45, 7) is 0.796. The Hall–Kier alpha value is -1.82. The van der Waals surface area contributed by atoms with Crippen molar-refractivity contribution < 1.29 is 13.2 Å². The van der Waals surface area contributed by atoms with Crippen molar-refractivity contribution in [2.75, 3.05) is 19.3 Å². The summed E-state index contributed by atoms with van der Waals surface area (Å²) in [5.41, 5.74) is 1.59. The van der Waals surface area contributed by atoms with Crippen LogP contribution < -0.4 is 0 Å². The van der Waals surface area contributed by atoms with Crippen molar-refractivity contribution in [1.82, 2.24) is 9.88 Å². The maximum absolute atomic E-state index is 12.4. The highest BCUT2D eigenvalue weighted by atomic mass is 32.2. The van der Waals surface area contributed by atoms with E-state index in [1.807, 2.05) is 24.4 Å². The monoisotopic (exact) mass is 292 g/mol. The van der Waals surface area contributed by atoms with Crippen LogP contribution in [0.3, 0.4) is 0 Å². The molecule has 6 heteroatoms. The number of aromatic nitrogens is 1. The summed E-state index contributed by atoms with van der Waals surface area (Å²) in [5.74, 6) is -0.0979. The van der Waals surface area contributed by atoms with Gasteiger partial charge in [0.25, 0.3) is 5.91 Å². The Morgan fingerprint density at radius 1 is 1.35 bits per heavy atom. The third-order valence-corrected chi connectivity index (χ3v) is 5.43. The minimum absolute atomic E-state index is 0.0979. The van der Waals surface area contributed by atoms with E-state index in [1.165, 1.54) is 6.26 Å². The summed E-state index contributed by atoms with van der Waals surface area (Å²) < 4.78 is 23.1. The minimum Gasteiger partial charge on any atom is -0.361 e. The third-order valence-electron chi connectivity index (χ3n) is 3.84. The van der Waals surface area contributed by atoms with Crippen LogP contribution in [0.4, 0.5) is 0 Å². The molecule has 0 radical (unpaired) electrons. The van der Waals surface area contributed by atoms with Crippen LogP contribution in [0.15, 0.2) is 30.5 Å². The second kappa shape index (κ2) is 4.63. The third kappa shape index (κ3) is 2.31. The zero-order valence-electron chi connectivity index (χ0n) is 11.2. The molecule has 0 bridgehead atoms. The Kier molecular flexibility index (Phi) is 3.05. The van der Waals surface area contributed by atoms with Gasteiger partial charge in [-0.05, 0) is 30.7 Å². The fourth-order valence-electron chi connectivity index (χ4n) is 2.63. The molecule has 3 rings (SSSR count). The van der Waals surface area contributed by atoms with E-state index in [-0.39, 0.29) is 5.91 Å². The predicted octanol–water partition coefficient (Wildman–Crippen LogP) is 1.43. The topological polar surface area (TPSA) is 70.2 Å². The van der Waals surface area contributed by atoms with Crippen LogP contribution in [0.2, 0.25) is 0 Å². The molecular weight excluding hydrogens is 276 g/mol. The van der Waals surface area contributed by atoms with Gasteiger partial charge in [0, 0.05) is 42.0 Å². The van der Waals surface area contributed by atoms with Crippen LogP contribution in [0.5, 0.6) is 0 Å². The normalized spacial score (nSPS) is 19.6. The Morgan fingerprint density at radius 2 is 2.15 bits per heavy atom. The lowest BCUT2D eigenvalue weighted by Crippen LogP contribution is -2.31. The van der Waals surface area contributed by atoms with Crippen LogP contribution in [0.25, 0.3) is 10.9 Å². The number of amides is 1. The lowest BCUT2D eigenvalue weighted by molar-refractivity contribution is 0.0793. The van der Waals surface area contributed by atoms with E-state index in [9.17, 15) is 13.2 Å². The molecule has 1 unspecified atom stereocenters. The van der Waals surface area contributed by atoms with Gasteiger partial charge in [-0.3, -0.25) is 4.79 Å². The zero-order chi connectivity index (χ0) is 14.3. The SMILES string of the molecule is CS(=O)(=O)C1CCN(C(=O)c2ccc3[nH]ccc3c2)C1. The van der Waals surface area contributed by atoms with Crippen molar-refractivity contribution in [2.45, 2.75) is 11.7 Å². The van der Waals surface area contributed by atoms with E-state index >= 15 is 0 Å². The first-order valence-electron chi connectivity index (χ1n) is 6.50. The molecule has 106 valence electrons. The lowest BCUT2D eigenvalue weighted by atomic mass is 10.1. The minimum atomic E-state index is -3.08. The first kappa shape index (κ1) is 13.2. The van der Waals surface area contributed by atoms with Gasteiger partial charge >= 0.3 is 0 Å². The zero-order valence-corrected chi connectivity index (χ0v) is 12.0. The number of hydrogen-bond donors (Lipinski definition) is 1. The Morgan fingerprint density at radius 3 is 2.85 bits per heavy atom. The summed E-state index contributed by atoms with van der Waals surface area (Å²) in [7, 11) is -3.08. The smallest absolute Gasteiger partial charge is 0.253 e. The maximum atomic E-state index is 12.4. The van der Waals surface area contributed by atoms with Gasteiger partial charge in [-0.25, -0.2) is 8.42 Å². The average molecular weight is 292 g/mol. The van der Waals surface area contributed by atoms with Crippen molar-refractivity contribution >= 4 is 26.6 Å². The number of aromatic amines is 1. The lowest BCUT2D eigenvalue weighted by Gasteiger charge is -2.16. The second-order valence-corrected chi connectivity index (χ2v) is 7.60. The van der Waals surface area contributed by atoms with Gasteiger partial charge in [0.2, 0.25) is 0 Å². The van der Waals surface area contributed by atoms with Gasteiger partial charge in [0.05, 0.1) is 5.25 Å². The molecule has 1 aliphatic rings. The largest absolute Gasteiger partial charge is 0.361 e. The summed E-state index contributed by atoms with van der Waals surface area (Å²) in [5, 5.41) is 0.553. The molecule has 1 aromatic heterocycles. The van der Waals surface area contributed by atoms with Gasteiger partial charge in [-0.15, -0.1) is 0 Å². The first-order chi connectivity index (χ1) is 9.45. The highest BCUT2D eigenvalue weighted by Crippen LogP contribution is 2.20. The maximum Gasteiger partial charge on any atom is 0.253 e. The Balaban J connectivity index is 1.82. The second-order valence-electron chi connectivity index (χ2n) is 5.27. The number of carbonyl (C=O) groups is 1. The Bertz CT molecular complexity index is 764. The fourth-order valence-corrected chi connectivity index (χ4v) is 3.62. The molecule has 1 atom stereocenters. The van der Waals surface area contributed by atoms with E-state index in [1.54, 1.807) is 11.0 Å². The van der Waals surface area contributed by atoms with Crippen molar-refractivity contribution in [1.29, 1.82) is 0 Å². The number of hydrogen-bond acceptors (Lipinski definition) is 3. The molecule has 1 aliphatic heterocycles. The summed E-state index contributed by atoms with van der Waals surface area (Å²) in [6.07, 6.45) is 3.59. The van der Waals surface area contributed by atoms with Crippen molar-refractivity contribution in [2.24, 2.45) is 0 Å². The standard InChI is InChI=1S/C14H16N2O3S/c1-20(18,19)12-5-7-16(9-12)14(17)11-2-3-13-10(8-11)4-6-15-13/h2-4,6,8,12,15H,5,7,9H2,1H3. The molecule has 0 spiro atoms. The summed E-state index contributed by atoms with van der Waals surface area (Å²) >= 11 is 0. The molecule has 2 aromatic rings. The van der Waals surface area contributed by atoms with Crippen LogP contribution in [0, 0.1) is 0 Å². The molecule has 1 aromatic carbocycles. The van der Waals surface area contributed by atoms with Gasteiger partial charge < -0.3 is 9.88 Å². The summed E-state index contributed by atoms with van der Waals surface area (Å²) in [6, 6.07) is 7.39. The van der Waals surface area contributed by atoms with E-state index in [4.69, 9.17) is 0 Å². The Labute approximate surface area is 117 Å². The number of rotatable bonds is 2. The van der Waals surface area contributed by atoms with Gasteiger partial charge in [-0.2, -0.15) is 0 Å². The number of benzene rings is 1. The number of H-pyrrole nitrogens is 1. The molecular formula is C14H16N2O3S. The predicted molar refractivity (Wildman–Crippen MR) is 77.5 cm³/mol. The van der Waals surface area contributed by atoms with Crippen molar-refractivity contribution in [3.63, 3.8) is 0 Å².